The van der Waals surface area contributed by atoms with E-state index in [0.717, 1.165) is 6.29 Å². The summed E-state index contributed by atoms with van der Waals surface area (Å²) in [4.78, 5) is 11.5. The molecule has 0 fully saturated rings. The summed E-state index contributed by atoms with van der Waals surface area (Å²) in [6, 6.07) is 31.0. The summed E-state index contributed by atoms with van der Waals surface area (Å²) < 4.78 is 0. The normalized spacial score (nSPS) is 10.9. The van der Waals surface area contributed by atoms with Crippen molar-refractivity contribution in [2.45, 2.75) is 0 Å². The topological polar surface area (TPSA) is 17.1 Å². The molecule has 0 heterocycles. The van der Waals surface area contributed by atoms with E-state index >= 15 is 0 Å². The molecule has 0 saturated carbocycles. The van der Waals surface area contributed by atoms with Gasteiger partial charge in [0.15, 0.2) is 0 Å². The average Bonchev–Trinajstić information content (AvgIpc) is 2.62. The molecule has 0 saturated heterocycles. The molecule has 108 valence electrons. The molecule has 0 amide bonds. The first-order chi connectivity index (χ1) is 10.9. The molecular weight excluding hydrogens is 288 g/mol. The van der Waals surface area contributed by atoms with Gasteiger partial charge in [0, 0.05) is 0 Å². The third-order valence-corrected chi connectivity index (χ3v) is 7.68. The van der Waals surface area contributed by atoms with Gasteiger partial charge in [-0.3, -0.25) is 4.79 Å². The first kappa shape index (κ1) is 14.6. The van der Waals surface area contributed by atoms with Crippen LogP contribution in [-0.2, 0) is 4.79 Å². The molecule has 3 rings (SSSR count). The van der Waals surface area contributed by atoms with Crippen LogP contribution in [0.25, 0.3) is 0 Å². The van der Waals surface area contributed by atoms with E-state index in [2.05, 4.69) is 36.4 Å². The molecule has 0 spiro atoms. The van der Waals surface area contributed by atoms with Crippen LogP contribution in [0.4, 0.5) is 0 Å². The Bertz CT molecular complexity index is 689. The van der Waals surface area contributed by atoms with Crippen molar-refractivity contribution in [3.63, 3.8) is 0 Å². The van der Waals surface area contributed by atoms with E-state index in [1.165, 1.54) is 15.9 Å². The van der Waals surface area contributed by atoms with Gasteiger partial charge in [0.2, 0.25) is 0 Å². The Morgan fingerprint density at radius 3 is 1.14 bits per heavy atom. The lowest BCUT2D eigenvalue weighted by molar-refractivity contribution is -0.102. The molecule has 0 aliphatic rings. The Hall–Kier alpha value is -2.37. The first-order valence-corrected chi connectivity index (χ1v) is 9.09. The van der Waals surface area contributed by atoms with Crippen LogP contribution in [0, 0.1) is 0 Å². The summed E-state index contributed by atoms with van der Waals surface area (Å²) in [5, 5.41) is 3.58. The van der Waals surface area contributed by atoms with E-state index in [1.54, 1.807) is 0 Å². The van der Waals surface area contributed by atoms with Gasteiger partial charge in [-0.25, -0.2) is 0 Å². The minimum Gasteiger partial charge on any atom is -0.298 e. The maximum Gasteiger partial charge on any atom is 0.143 e. The summed E-state index contributed by atoms with van der Waals surface area (Å²) in [5.41, 5.74) is 0. The predicted molar refractivity (Wildman–Crippen MR) is 97.3 cm³/mol. The van der Waals surface area contributed by atoms with Crippen molar-refractivity contribution in [3.05, 3.63) is 91.0 Å². The number of hydrogen-bond acceptors (Lipinski definition) is 1. The van der Waals surface area contributed by atoms with Crippen molar-refractivity contribution in [1.82, 2.24) is 0 Å². The molecule has 3 aromatic rings. The van der Waals surface area contributed by atoms with Crippen LogP contribution in [0.3, 0.4) is 0 Å². The predicted octanol–water partition coefficient (Wildman–Crippen LogP) is 2.98. The van der Waals surface area contributed by atoms with Crippen molar-refractivity contribution in [2.24, 2.45) is 0 Å². The molecule has 0 bridgehead atoms. The van der Waals surface area contributed by atoms with Gasteiger partial charge in [-0.1, -0.05) is 91.0 Å². The second-order valence-corrected chi connectivity index (χ2v) is 8.31. The standard InChI is InChI=1S/C20H17OP/c21-16-17-22(18-10-4-1-5-11-18,19-12-6-2-7-13-19)20-14-8-3-9-15-20/h1-17H/i16+1. The molecular formula is C20H17OP. The maximum atomic E-state index is 11.5. The van der Waals surface area contributed by atoms with Crippen LogP contribution in [-0.4, -0.2) is 12.1 Å². The van der Waals surface area contributed by atoms with Crippen LogP contribution in [0.2, 0.25) is 0 Å². The zero-order valence-corrected chi connectivity index (χ0v) is 13.1. The van der Waals surface area contributed by atoms with E-state index < -0.39 is 6.89 Å². The van der Waals surface area contributed by atoms with Crippen molar-refractivity contribution in [3.8, 4) is 0 Å². The van der Waals surface area contributed by atoms with Gasteiger partial charge in [0.05, 0.1) is 0 Å². The smallest absolute Gasteiger partial charge is 0.143 e. The van der Waals surface area contributed by atoms with Crippen molar-refractivity contribution in [2.75, 3.05) is 0 Å². The van der Waals surface area contributed by atoms with E-state index in [1.807, 2.05) is 60.4 Å². The van der Waals surface area contributed by atoms with Crippen LogP contribution in [0.1, 0.15) is 0 Å². The number of benzene rings is 3. The third-order valence-electron chi connectivity index (χ3n) is 3.77. The lowest BCUT2D eigenvalue weighted by Crippen LogP contribution is -2.27. The Morgan fingerprint density at radius 1 is 0.545 bits per heavy atom. The van der Waals surface area contributed by atoms with Gasteiger partial charge >= 0.3 is 0 Å². The molecule has 1 nitrogen and oxygen atoms in total. The van der Waals surface area contributed by atoms with Gasteiger partial charge < -0.3 is 0 Å². The van der Waals surface area contributed by atoms with Crippen molar-refractivity contribution < 1.29 is 4.79 Å². The number of carbonyl (C=O) groups excluding carboxylic acids is 1. The maximum absolute atomic E-state index is 11.5. The fraction of sp³-hybridized carbons (Fsp3) is 0. The molecule has 3 aromatic carbocycles. The summed E-state index contributed by atoms with van der Waals surface area (Å²) in [5.74, 6) is 1.85. The van der Waals surface area contributed by atoms with Crippen LogP contribution < -0.4 is 15.9 Å². The number of aldehydes is 1. The molecule has 0 unspecified atom stereocenters. The van der Waals surface area contributed by atoms with Gasteiger partial charge in [-0.15, -0.1) is 0 Å². The highest BCUT2D eigenvalue weighted by Gasteiger charge is 2.24. The second kappa shape index (κ2) is 6.60. The van der Waals surface area contributed by atoms with Crippen LogP contribution in [0.15, 0.2) is 91.0 Å². The molecule has 22 heavy (non-hydrogen) atoms. The Labute approximate surface area is 131 Å². The molecule has 0 aromatic heterocycles. The number of rotatable bonds is 4. The molecule has 2 heteroatoms. The fourth-order valence-electron chi connectivity index (χ4n) is 2.79. The fourth-order valence-corrected chi connectivity index (χ4v) is 6.31. The summed E-state index contributed by atoms with van der Waals surface area (Å²) in [6.45, 7) is -2.05. The van der Waals surface area contributed by atoms with Crippen molar-refractivity contribution >= 4 is 34.9 Å². The first-order valence-electron chi connectivity index (χ1n) is 7.23. The second-order valence-electron chi connectivity index (χ2n) is 5.01. The van der Waals surface area contributed by atoms with Gasteiger partial charge in [-0.05, 0) is 28.6 Å². The van der Waals surface area contributed by atoms with Gasteiger partial charge in [0.25, 0.3) is 0 Å². The zero-order chi connectivity index (χ0) is 15.3. The molecule has 0 aliphatic heterocycles. The Balaban J connectivity index is 2.40. The molecule has 0 N–H and O–H groups in total. The van der Waals surface area contributed by atoms with E-state index in [4.69, 9.17) is 0 Å². The quantitative estimate of drug-likeness (QED) is 0.411. The van der Waals surface area contributed by atoms with Crippen molar-refractivity contribution in [1.29, 1.82) is 0 Å². The van der Waals surface area contributed by atoms with Crippen LogP contribution in [0.5, 0.6) is 0 Å². The minimum atomic E-state index is -2.05. The molecule has 0 radical (unpaired) electrons. The Morgan fingerprint density at radius 2 is 0.864 bits per heavy atom. The molecule has 0 atom stereocenters. The third kappa shape index (κ3) is 2.56. The minimum absolute atomic E-state index is 0.945. The summed E-state index contributed by atoms with van der Waals surface area (Å²) in [7, 11) is 0. The van der Waals surface area contributed by atoms with Gasteiger partial charge in [0.1, 0.15) is 6.29 Å². The highest BCUT2D eigenvalue weighted by molar-refractivity contribution is 7.95. The SMILES string of the molecule is O=[13CH]C=P(c1ccccc1)(c1ccccc1)c1ccccc1. The van der Waals surface area contributed by atoms with E-state index in [9.17, 15) is 4.79 Å². The van der Waals surface area contributed by atoms with Crippen LogP contribution >= 0.6 is 6.89 Å². The van der Waals surface area contributed by atoms with Gasteiger partial charge in [-0.2, -0.15) is 0 Å². The average molecular weight is 305 g/mol. The Kier molecular flexibility index (Phi) is 4.37. The highest BCUT2D eigenvalue weighted by atomic mass is 31.2. The number of hydrogen-bond donors (Lipinski definition) is 0. The van der Waals surface area contributed by atoms with E-state index in [0.29, 0.717) is 0 Å². The highest BCUT2D eigenvalue weighted by Crippen LogP contribution is 2.42. The summed E-state index contributed by atoms with van der Waals surface area (Å²) in [6.07, 6.45) is 0.945. The summed E-state index contributed by atoms with van der Waals surface area (Å²) >= 11 is 0. The number of carbonyl (C=O) groups is 1. The lowest BCUT2D eigenvalue weighted by Gasteiger charge is -2.27. The lowest BCUT2D eigenvalue weighted by atomic mass is 10.4. The van der Waals surface area contributed by atoms with E-state index in [-0.39, 0.29) is 0 Å². The largest absolute Gasteiger partial charge is 0.298 e. The zero-order valence-electron chi connectivity index (χ0n) is 12.2. The monoisotopic (exact) mass is 305 g/mol. The molecule has 0 aliphatic carbocycles.